The third-order valence-corrected chi connectivity index (χ3v) is 16.5. The molecule has 3 N–H and O–H groups in total. The Morgan fingerprint density at radius 3 is 1.08 bits per heavy atom. The zero-order valence-electron chi connectivity index (χ0n) is 55.6. The molecule has 0 radical (unpaired) electrons. The van der Waals surface area contributed by atoms with E-state index >= 15 is 0 Å². The van der Waals surface area contributed by atoms with E-state index in [1.54, 1.807) is 18.2 Å². The third-order valence-electron chi connectivity index (χ3n) is 16.0. The summed E-state index contributed by atoms with van der Waals surface area (Å²) in [4.78, 5) is 90.4. The van der Waals surface area contributed by atoms with Crippen molar-refractivity contribution in [2.75, 3.05) is 149 Å². The number of carbonyl (C=O) groups excluding carboxylic acids is 3. The van der Waals surface area contributed by atoms with Crippen LogP contribution in [0, 0.1) is 17.8 Å². The van der Waals surface area contributed by atoms with Crippen LogP contribution in [0.4, 0.5) is 11.9 Å². The monoisotopic (exact) mass is 1340 g/mol. The van der Waals surface area contributed by atoms with E-state index in [-0.39, 0.29) is 43.9 Å². The second-order valence-corrected chi connectivity index (χ2v) is 27.4. The van der Waals surface area contributed by atoms with E-state index in [0.717, 1.165) is 142 Å². The summed E-state index contributed by atoms with van der Waals surface area (Å²) in [6.45, 7) is 35.9. The summed E-state index contributed by atoms with van der Waals surface area (Å²) in [5, 5.41) is 9.44. The number of carboxylic acids is 1. The number of piperazine rings is 2. The molecule has 7 aliphatic rings. The van der Waals surface area contributed by atoms with Crippen LogP contribution in [0.2, 0.25) is 15.7 Å². The van der Waals surface area contributed by atoms with Gasteiger partial charge in [0.1, 0.15) is 5.15 Å². The molecule has 0 saturated carbocycles. The second-order valence-electron chi connectivity index (χ2n) is 26.4. The largest absolute Gasteiger partial charge is 0.477 e. The topological polar surface area (TPSA) is 298 Å². The number of halogens is 3. The van der Waals surface area contributed by atoms with Crippen LogP contribution in [0.5, 0.6) is 0 Å². The molecule has 0 amide bonds. The number of methoxy groups -OCH3 is 3. The minimum absolute atomic E-state index is 0.0440. The van der Waals surface area contributed by atoms with Crippen molar-refractivity contribution in [1.29, 1.82) is 0 Å². The first-order valence-corrected chi connectivity index (χ1v) is 32.4. The van der Waals surface area contributed by atoms with Gasteiger partial charge in [0.15, 0.2) is 22.8 Å². The van der Waals surface area contributed by atoms with Crippen LogP contribution in [0.15, 0.2) is 24.3 Å². The maximum Gasteiger partial charge on any atom is 0.356 e. The summed E-state index contributed by atoms with van der Waals surface area (Å²) in [5.74, 6) is 0.0257. The number of carbonyl (C=O) groups is 4. The predicted molar refractivity (Wildman–Crippen MR) is 349 cm³/mol. The van der Waals surface area contributed by atoms with Crippen molar-refractivity contribution in [1.82, 2.24) is 54.6 Å². The van der Waals surface area contributed by atoms with Crippen LogP contribution in [-0.4, -0.2) is 246 Å². The smallest absolute Gasteiger partial charge is 0.356 e. The predicted octanol–water partition coefficient (Wildman–Crippen LogP) is 6.95. The fourth-order valence-electron chi connectivity index (χ4n) is 10.2. The number of carboxylic acid groups (broad SMARTS) is 1. The molecule has 0 unspecified atom stereocenters. The highest BCUT2D eigenvalue weighted by Crippen LogP contribution is 2.25. The van der Waals surface area contributed by atoms with Crippen LogP contribution in [-0.2, 0) is 52.4 Å². The highest BCUT2D eigenvalue weighted by atomic mass is 35.5. The van der Waals surface area contributed by atoms with Gasteiger partial charge in [0, 0.05) is 110 Å². The maximum absolute atomic E-state index is 12.0. The molecule has 510 valence electrons. The van der Waals surface area contributed by atoms with Crippen molar-refractivity contribution >= 4 is 70.6 Å². The van der Waals surface area contributed by atoms with Gasteiger partial charge in [0.25, 0.3) is 0 Å². The minimum atomic E-state index is -1.00. The fourth-order valence-corrected chi connectivity index (χ4v) is 10.8. The van der Waals surface area contributed by atoms with Gasteiger partial charge in [-0.25, -0.2) is 59.0 Å². The van der Waals surface area contributed by atoms with E-state index < -0.39 is 23.9 Å². The number of hydrogen-bond acceptors (Lipinski definition) is 25. The number of nitrogens with two attached hydrogens (primary N) is 1. The lowest BCUT2D eigenvalue weighted by Gasteiger charge is -2.42. The van der Waals surface area contributed by atoms with E-state index in [9.17, 15) is 24.3 Å². The minimum Gasteiger partial charge on any atom is -0.477 e. The fraction of sp³-hybridized carbons (Fsp3) is 0.683. The number of aromatic nitrogens is 8. The lowest BCUT2D eigenvalue weighted by molar-refractivity contribution is -0.0316. The molecule has 7 saturated heterocycles. The zero-order chi connectivity index (χ0) is 67.3. The van der Waals surface area contributed by atoms with Gasteiger partial charge < -0.3 is 53.8 Å². The van der Waals surface area contributed by atoms with Gasteiger partial charge in [-0.15, -0.1) is 0 Å². The van der Waals surface area contributed by atoms with Gasteiger partial charge >= 0.3 is 23.9 Å². The van der Waals surface area contributed by atoms with Crippen LogP contribution in [0.3, 0.4) is 0 Å². The number of ether oxygens (including phenoxy) is 7. The Morgan fingerprint density at radius 1 is 0.457 bits per heavy atom. The first-order valence-electron chi connectivity index (χ1n) is 31.3. The summed E-state index contributed by atoms with van der Waals surface area (Å²) in [6, 6.07) is 6.57. The van der Waals surface area contributed by atoms with Crippen LogP contribution < -0.4 is 15.5 Å². The Morgan fingerprint density at radius 2 is 0.772 bits per heavy atom. The Kier molecular flexibility index (Phi) is 29.3. The summed E-state index contributed by atoms with van der Waals surface area (Å²) >= 11 is 16.7. The molecule has 0 spiro atoms. The maximum atomic E-state index is 12.0. The molecule has 26 nitrogen and oxygen atoms in total. The second kappa shape index (κ2) is 35.7. The van der Waals surface area contributed by atoms with Crippen molar-refractivity contribution in [3.05, 3.63) is 79.8 Å². The van der Waals surface area contributed by atoms with Crippen molar-refractivity contribution < 1.29 is 57.4 Å². The molecule has 0 bridgehead atoms. The van der Waals surface area contributed by atoms with Crippen molar-refractivity contribution in [2.45, 2.75) is 123 Å². The zero-order valence-corrected chi connectivity index (χ0v) is 57.8. The highest BCUT2D eigenvalue weighted by Gasteiger charge is 2.31. The molecule has 0 aromatic carbocycles. The number of nitrogens with zero attached hydrogens (tertiary/aromatic N) is 13. The average Bonchev–Trinajstić information content (AvgIpc) is 0.933. The van der Waals surface area contributed by atoms with E-state index in [2.05, 4.69) is 131 Å². The van der Waals surface area contributed by atoms with Gasteiger partial charge in [-0.1, -0.05) is 18.0 Å². The molecule has 11 heterocycles. The van der Waals surface area contributed by atoms with Gasteiger partial charge in [0.05, 0.1) is 80.2 Å². The summed E-state index contributed by atoms with van der Waals surface area (Å²) < 4.78 is 34.1. The quantitative estimate of drug-likeness (QED) is 0.0627. The van der Waals surface area contributed by atoms with Crippen molar-refractivity contribution in [3.8, 4) is 0 Å². The summed E-state index contributed by atoms with van der Waals surface area (Å²) in [5.41, 5.74) is 9.04. The molecule has 29 heteroatoms. The molecule has 7 aliphatic heterocycles. The van der Waals surface area contributed by atoms with Gasteiger partial charge in [-0.3, -0.25) is 14.7 Å². The van der Waals surface area contributed by atoms with Gasteiger partial charge in [-0.2, -0.15) is 0 Å². The van der Waals surface area contributed by atoms with Crippen molar-refractivity contribution in [3.63, 3.8) is 0 Å². The lowest BCUT2D eigenvalue weighted by atomic mass is 10.0. The third kappa shape index (κ3) is 24.6. The number of likely N-dealkylation sites (tertiary alicyclic amines) is 1. The Bertz CT molecular complexity index is 2990. The first-order chi connectivity index (χ1) is 43.5. The Labute approximate surface area is 556 Å². The molecule has 92 heavy (non-hydrogen) atoms. The standard InChI is InChI=1S/C18H28N4O3.C17H26N4O3.C10H11ClN2O3.C9H19N.C6H4Cl2N2O2.C3H7NO/c1-18(2,3)22-7-5-21(6-8-22)17-19-14(9-13-11-25-12-13)10-15(20-17)16(23)24-4;1-17(2,3)21-6-4-20(5-7-21)16-18-13(8-12-10-24-11-12)9-14(19-16)15(22)23;1-15-9(14)8-3-7(12-10(11)13-8)2-6-4-16-5-6;1-9(2,3)10-7-5-4-6-8-10;1-12-5(11)3-2-4(7)10-6(8)9-3;4-3-1-5-2-3/h10,13H,5-9,11-12H2,1-4H3;9,12H,4-8,10-11H2,1-3H3,(H,22,23);3,6H,2,4-5H2,1H3;4-8H2,1-3H3;2H,1H3;3H,1-2,4H2. The van der Waals surface area contributed by atoms with Crippen LogP contribution in [0.1, 0.15) is 141 Å². The van der Waals surface area contributed by atoms with Crippen molar-refractivity contribution in [2.24, 2.45) is 23.5 Å². The number of anilines is 2. The van der Waals surface area contributed by atoms with E-state index in [1.807, 2.05) is 0 Å². The number of piperidine rings is 1. The molecule has 0 atom stereocenters. The first kappa shape index (κ1) is 75.4. The number of aromatic carboxylic acids is 1. The Balaban J connectivity index is 0.000000185. The molecular weight excluding hydrogens is 1250 g/mol. The normalized spacial score (nSPS) is 18.4. The van der Waals surface area contributed by atoms with E-state index in [1.165, 1.54) is 59.7 Å². The summed E-state index contributed by atoms with van der Waals surface area (Å²) in [6.07, 6.45) is 6.53. The lowest BCUT2D eigenvalue weighted by Crippen LogP contribution is -2.53. The number of rotatable bonds is 12. The number of esters is 3. The number of hydrogen-bond donors (Lipinski definition) is 2. The van der Waals surface area contributed by atoms with E-state index in [0.29, 0.717) is 46.9 Å². The van der Waals surface area contributed by atoms with Gasteiger partial charge in [-0.05, 0) is 149 Å². The van der Waals surface area contributed by atoms with Gasteiger partial charge in [0.2, 0.25) is 22.5 Å². The highest BCUT2D eigenvalue weighted by molar-refractivity contribution is 6.32. The molecular formula is C63H95Cl3N14O12. The van der Waals surface area contributed by atoms with Crippen LogP contribution >= 0.6 is 34.8 Å². The molecule has 7 fully saturated rings. The molecule has 4 aromatic rings. The Hall–Kier alpha value is -5.65. The average molecular weight is 1350 g/mol. The molecule has 4 aromatic heterocycles. The van der Waals surface area contributed by atoms with E-state index in [4.69, 9.17) is 69.2 Å². The SMILES string of the molecule is CC(C)(C)N1CCCCC1.CC(C)(C)N1CCN(c2nc(CC3COC3)cc(C(=O)O)n2)CC1.COC(=O)c1cc(CC2COC2)nc(Cl)n1.COC(=O)c1cc(CC2COC2)nc(N2CCN(C(C)(C)C)CC2)n1.COC(=O)c1cc(Cl)nc(Cl)n1.NC1COC1. The molecule has 11 rings (SSSR count). The summed E-state index contributed by atoms with van der Waals surface area (Å²) in [7, 11) is 3.93. The van der Waals surface area contributed by atoms with Crippen LogP contribution in [0.25, 0.3) is 0 Å². The molecule has 0 aliphatic carbocycles.